The number of nitrogens with zero attached hydrogens (tertiary/aromatic N) is 1. The molecule has 0 unspecified atom stereocenters. The van der Waals surface area contributed by atoms with Crippen molar-refractivity contribution in [1.29, 1.82) is 0 Å². The van der Waals surface area contributed by atoms with Crippen LogP contribution in [0.3, 0.4) is 0 Å². The van der Waals surface area contributed by atoms with Crippen molar-refractivity contribution in [1.82, 2.24) is 4.90 Å². The van der Waals surface area contributed by atoms with Crippen molar-refractivity contribution in [3.05, 3.63) is 0 Å². The largest absolute Gasteiger partial charge is 0.380 e. The van der Waals surface area contributed by atoms with Gasteiger partial charge in [-0.25, -0.2) is 0 Å². The van der Waals surface area contributed by atoms with Crippen LogP contribution in [-0.4, -0.2) is 35.6 Å². The second-order valence-corrected chi connectivity index (χ2v) is 5.16. The smallest absolute Gasteiger partial charge is 0.224 e. The zero-order valence-electron chi connectivity index (χ0n) is 12.0. The van der Waals surface area contributed by atoms with Crippen LogP contribution >= 0.6 is 12.2 Å². The molecule has 106 valence electrons. The molecule has 3 nitrogen and oxygen atoms in total. The van der Waals surface area contributed by atoms with Crippen LogP contribution in [0.1, 0.15) is 59.3 Å². The third kappa shape index (κ3) is 9.54. The quantitative estimate of drug-likeness (QED) is 0.450. The van der Waals surface area contributed by atoms with Gasteiger partial charge in [0.2, 0.25) is 5.91 Å². The standard InChI is InChI=1S/C14H27NO2S/c1-4-5-6-7-8-9-11-17-12-10-15(13(2)16)14(3)18/h4-12H2,1-3H3. The molecule has 0 saturated heterocycles. The van der Waals surface area contributed by atoms with Gasteiger partial charge >= 0.3 is 0 Å². The molecule has 0 aromatic carbocycles. The molecular formula is C14H27NO2S. The minimum atomic E-state index is -0.00864. The molecule has 0 aliphatic heterocycles. The molecule has 0 aromatic rings. The zero-order chi connectivity index (χ0) is 13.8. The second-order valence-electron chi connectivity index (χ2n) is 4.57. The second kappa shape index (κ2) is 11.6. The van der Waals surface area contributed by atoms with E-state index in [1.165, 1.54) is 39.0 Å². The van der Waals surface area contributed by atoms with Gasteiger partial charge < -0.3 is 9.64 Å². The Kier molecular flexibility index (Phi) is 11.3. The Balaban J connectivity index is 3.39. The molecule has 0 spiro atoms. The highest BCUT2D eigenvalue weighted by atomic mass is 32.1. The lowest BCUT2D eigenvalue weighted by molar-refractivity contribution is -0.125. The van der Waals surface area contributed by atoms with E-state index >= 15 is 0 Å². The Morgan fingerprint density at radius 2 is 1.67 bits per heavy atom. The predicted octanol–water partition coefficient (Wildman–Crippen LogP) is 3.56. The van der Waals surface area contributed by atoms with E-state index in [0.717, 1.165) is 13.0 Å². The first-order valence-electron chi connectivity index (χ1n) is 6.96. The molecule has 18 heavy (non-hydrogen) atoms. The van der Waals surface area contributed by atoms with Crippen LogP contribution in [-0.2, 0) is 9.53 Å². The summed E-state index contributed by atoms with van der Waals surface area (Å²) in [7, 11) is 0. The third-order valence-electron chi connectivity index (χ3n) is 2.86. The van der Waals surface area contributed by atoms with Crippen molar-refractivity contribution in [3.8, 4) is 0 Å². The van der Waals surface area contributed by atoms with Crippen molar-refractivity contribution in [2.75, 3.05) is 19.8 Å². The fraction of sp³-hybridized carbons (Fsp3) is 0.857. The zero-order valence-corrected chi connectivity index (χ0v) is 12.9. The summed E-state index contributed by atoms with van der Waals surface area (Å²) in [5.74, 6) is -0.00864. The van der Waals surface area contributed by atoms with E-state index in [9.17, 15) is 4.79 Å². The molecular weight excluding hydrogens is 246 g/mol. The molecule has 0 bridgehead atoms. The van der Waals surface area contributed by atoms with E-state index in [-0.39, 0.29) is 5.91 Å². The first-order chi connectivity index (χ1) is 8.59. The lowest BCUT2D eigenvalue weighted by atomic mass is 10.1. The highest BCUT2D eigenvalue weighted by molar-refractivity contribution is 7.80. The molecule has 4 heteroatoms. The monoisotopic (exact) mass is 273 g/mol. The summed E-state index contributed by atoms with van der Waals surface area (Å²) in [6.45, 7) is 7.45. The molecule has 1 amide bonds. The summed E-state index contributed by atoms with van der Waals surface area (Å²) < 4.78 is 5.52. The molecule has 0 aromatic heterocycles. The molecule has 0 rings (SSSR count). The van der Waals surface area contributed by atoms with E-state index in [2.05, 4.69) is 6.92 Å². The summed E-state index contributed by atoms with van der Waals surface area (Å²) in [5.41, 5.74) is 0. The van der Waals surface area contributed by atoms with E-state index in [1.807, 2.05) is 0 Å². The van der Waals surface area contributed by atoms with Crippen LogP contribution in [0.5, 0.6) is 0 Å². The number of hydrogen-bond acceptors (Lipinski definition) is 3. The van der Waals surface area contributed by atoms with Gasteiger partial charge in [-0.3, -0.25) is 4.79 Å². The molecule has 0 N–H and O–H groups in total. The van der Waals surface area contributed by atoms with Crippen LogP contribution in [0.4, 0.5) is 0 Å². The molecule has 0 aliphatic carbocycles. The van der Waals surface area contributed by atoms with E-state index in [1.54, 1.807) is 11.8 Å². The Morgan fingerprint density at radius 1 is 1.06 bits per heavy atom. The van der Waals surface area contributed by atoms with Gasteiger partial charge in [0.25, 0.3) is 0 Å². The predicted molar refractivity (Wildman–Crippen MR) is 79.9 cm³/mol. The van der Waals surface area contributed by atoms with Crippen molar-refractivity contribution >= 4 is 23.1 Å². The molecule has 0 heterocycles. The Morgan fingerprint density at radius 3 is 2.22 bits per heavy atom. The summed E-state index contributed by atoms with van der Waals surface area (Å²) >= 11 is 5.00. The first kappa shape index (κ1) is 17.5. The molecule has 0 aliphatic rings. The van der Waals surface area contributed by atoms with Gasteiger partial charge in [0, 0.05) is 20.1 Å². The van der Waals surface area contributed by atoms with Crippen molar-refractivity contribution < 1.29 is 9.53 Å². The average Bonchev–Trinajstić information content (AvgIpc) is 2.30. The van der Waals surface area contributed by atoms with Gasteiger partial charge in [-0.2, -0.15) is 0 Å². The SMILES string of the molecule is CCCCCCCCOCCN(C(C)=O)C(C)=S. The number of rotatable bonds is 10. The van der Waals surface area contributed by atoms with Crippen molar-refractivity contribution in [2.24, 2.45) is 0 Å². The molecule has 0 fully saturated rings. The van der Waals surface area contributed by atoms with Gasteiger partial charge in [-0.1, -0.05) is 51.2 Å². The minimum Gasteiger partial charge on any atom is -0.380 e. The fourth-order valence-corrected chi connectivity index (χ4v) is 2.00. The van der Waals surface area contributed by atoms with Crippen LogP contribution in [0.25, 0.3) is 0 Å². The highest BCUT2D eigenvalue weighted by Crippen LogP contribution is 2.04. The fourth-order valence-electron chi connectivity index (χ4n) is 1.78. The first-order valence-corrected chi connectivity index (χ1v) is 7.36. The lowest BCUT2D eigenvalue weighted by Crippen LogP contribution is -2.35. The molecule has 0 radical (unpaired) electrons. The molecule has 0 saturated carbocycles. The summed E-state index contributed by atoms with van der Waals surface area (Å²) in [6.07, 6.45) is 7.61. The van der Waals surface area contributed by atoms with Gasteiger partial charge in [0.05, 0.1) is 11.6 Å². The maximum atomic E-state index is 11.2. The van der Waals surface area contributed by atoms with Crippen LogP contribution in [0.2, 0.25) is 0 Å². The van der Waals surface area contributed by atoms with E-state index in [4.69, 9.17) is 17.0 Å². The number of thiocarbonyl (C=S) groups is 1. The third-order valence-corrected chi connectivity index (χ3v) is 3.08. The van der Waals surface area contributed by atoms with Crippen LogP contribution in [0.15, 0.2) is 0 Å². The Hall–Kier alpha value is -0.480. The van der Waals surface area contributed by atoms with Crippen molar-refractivity contribution in [2.45, 2.75) is 59.3 Å². The topological polar surface area (TPSA) is 29.5 Å². The van der Waals surface area contributed by atoms with Gasteiger partial charge in [-0.15, -0.1) is 0 Å². The molecule has 0 atom stereocenters. The van der Waals surface area contributed by atoms with Crippen molar-refractivity contribution in [3.63, 3.8) is 0 Å². The number of carbonyl (C=O) groups excluding carboxylic acids is 1. The normalized spacial score (nSPS) is 10.4. The van der Waals surface area contributed by atoms with Crippen LogP contribution in [0, 0.1) is 0 Å². The summed E-state index contributed by atoms with van der Waals surface area (Å²) in [5, 5.41) is 0. The Bertz CT molecular complexity index is 230. The number of unbranched alkanes of at least 4 members (excludes halogenated alkanes) is 5. The average molecular weight is 273 g/mol. The van der Waals surface area contributed by atoms with Gasteiger partial charge in [0.15, 0.2) is 0 Å². The number of amides is 1. The summed E-state index contributed by atoms with van der Waals surface area (Å²) in [4.78, 5) is 13.4. The number of carbonyl (C=O) groups is 1. The van der Waals surface area contributed by atoms with Crippen LogP contribution < -0.4 is 0 Å². The van der Waals surface area contributed by atoms with Gasteiger partial charge in [0.1, 0.15) is 0 Å². The van der Waals surface area contributed by atoms with Gasteiger partial charge in [-0.05, 0) is 13.3 Å². The maximum absolute atomic E-state index is 11.2. The van der Waals surface area contributed by atoms with E-state index in [0.29, 0.717) is 18.1 Å². The highest BCUT2D eigenvalue weighted by Gasteiger charge is 2.09. The summed E-state index contributed by atoms with van der Waals surface area (Å²) in [6, 6.07) is 0. The number of ether oxygens (including phenoxy) is 1. The lowest BCUT2D eigenvalue weighted by Gasteiger charge is -2.19. The Labute approximate surface area is 117 Å². The number of hydrogen-bond donors (Lipinski definition) is 0. The minimum absolute atomic E-state index is 0.00864. The maximum Gasteiger partial charge on any atom is 0.224 e. The van der Waals surface area contributed by atoms with E-state index < -0.39 is 0 Å².